The highest BCUT2D eigenvalue weighted by Crippen LogP contribution is 1.97. The fourth-order valence-corrected chi connectivity index (χ4v) is 0.930. The molecule has 0 saturated heterocycles. The maximum absolute atomic E-state index is 10.2. The lowest BCUT2D eigenvalue weighted by Crippen LogP contribution is -1.92. The molecular formula is C12H16O3. The Morgan fingerprint density at radius 1 is 1.07 bits per heavy atom. The molecule has 0 radical (unpaired) electrons. The number of aliphatic carboxylic acids is 1. The molecule has 0 unspecified atom stereocenters. The van der Waals surface area contributed by atoms with Gasteiger partial charge in [-0.3, -0.25) is 9.59 Å². The summed E-state index contributed by atoms with van der Waals surface area (Å²) in [6.45, 7) is 0. The first-order valence-corrected chi connectivity index (χ1v) is 4.91. The first-order valence-electron chi connectivity index (χ1n) is 4.91. The molecule has 0 saturated carbocycles. The van der Waals surface area contributed by atoms with Crippen LogP contribution < -0.4 is 0 Å². The van der Waals surface area contributed by atoms with E-state index in [4.69, 9.17) is 5.11 Å². The molecule has 0 heterocycles. The Bertz CT molecular complexity index is 262. The number of hydrogen-bond acceptors (Lipinski definition) is 2. The zero-order valence-electron chi connectivity index (χ0n) is 8.63. The molecule has 0 atom stereocenters. The Balaban J connectivity index is 3.38. The van der Waals surface area contributed by atoms with Gasteiger partial charge in [-0.1, -0.05) is 30.4 Å². The summed E-state index contributed by atoms with van der Waals surface area (Å²) in [5.74, 6) is -0.748. The molecule has 0 aromatic carbocycles. The summed E-state index contributed by atoms with van der Waals surface area (Å²) in [5, 5.41) is 8.37. The van der Waals surface area contributed by atoms with Crippen molar-refractivity contribution in [3.8, 4) is 0 Å². The van der Waals surface area contributed by atoms with Gasteiger partial charge < -0.3 is 5.11 Å². The van der Waals surface area contributed by atoms with Crippen LogP contribution in [0.1, 0.15) is 25.7 Å². The molecule has 0 amide bonds. The zero-order valence-corrected chi connectivity index (χ0v) is 8.63. The second kappa shape index (κ2) is 10.4. The summed E-state index contributed by atoms with van der Waals surface area (Å²) in [6.07, 6.45) is 14.0. The van der Waals surface area contributed by atoms with Crippen molar-refractivity contribution < 1.29 is 14.7 Å². The average Bonchev–Trinajstić information content (AvgIpc) is 2.20. The second-order valence-corrected chi connectivity index (χ2v) is 2.94. The predicted octanol–water partition coefficient (Wildman–Crippen LogP) is 2.50. The number of carbonyl (C=O) groups is 2. The molecule has 3 heteroatoms. The van der Waals surface area contributed by atoms with Gasteiger partial charge in [0.15, 0.2) is 0 Å². The molecule has 0 aromatic rings. The summed E-state index contributed by atoms with van der Waals surface area (Å²) < 4.78 is 0. The average molecular weight is 208 g/mol. The van der Waals surface area contributed by atoms with Crippen LogP contribution in [0.15, 0.2) is 36.5 Å². The molecule has 0 bridgehead atoms. The van der Waals surface area contributed by atoms with E-state index in [-0.39, 0.29) is 6.42 Å². The molecule has 0 aliphatic rings. The van der Waals surface area contributed by atoms with Gasteiger partial charge in [0, 0.05) is 6.42 Å². The highest BCUT2D eigenvalue weighted by Gasteiger charge is 1.92. The Morgan fingerprint density at radius 3 is 2.53 bits per heavy atom. The lowest BCUT2D eigenvalue weighted by molar-refractivity contribution is -0.137. The fourth-order valence-electron chi connectivity index (χ4n) is 0.930. The molecule has 15 heavy (non-hydrogen) atoms. The molecule has 1 N–H and O–H groups in total. The number of carboxylic acid groups (broad SMARTS) is 1. The van der Waals surface area contributed by atoms with Crippen molar-refractivity contribution >= 4 is 12.3 Å². The molecule has 0 aliphatic carbocycles. The fraction of sp³-hybridized carbons (Fsp3) is 0.333. The van der Waals surface area contributed by atoms with Gasteiger partial charge in [0.05, 0.1) is 0 Å². The monoisotopic (exact) mass is 208 g/mol. The van der Waals surface area contributed by atoms with Crippen molar-refractivity contribution in [3.05, 3.63) is 36.5 Å². The van der Waals surface area contributed by atoms with Crippen LogP contribution in [0.5, 0.6) is 0 Å². The summed E-state index contributed by atoms with van der Waals surface area (Å²) in [5.41, 5.74) is 0. The Hall–Kier alpha value is -1.64. The summed E-state index contributed by atoms with van der Waals surface area (Å²) in [6, 6.07) is 0. The first-order chi connectivity index (χ1) is 7.27. The van der Waals surface area contributed by atoms with Crippen LogP contribution in [-0.4, -0.2) is 17.4 Å². The molecule has 3 nitrogen and oxygen atoms in total. The van der Waals surface area contributed by atoms with Gasteiger partial charge in [-0.2, -0.15) is 0 Å². The minimum atomic E-state index is -0.748. The quantitative estimate of drug-likeness (QED) is 0.219. The van der Waals surface area contributed by atoms with E-state index in [2.05, 4.69) is 0 Å². The van der Waals surface area contributed by atoms with Gasteiger partial charge in [-0.15, -0.1) is 0 Å². The van der Waals surface area contributed by atoms with E-state index in [1.54, 1.807) is 12.2 Å². The van der Waals surface area contributed by atoms with Crippen molar-refractivity contribution in [1.29, 1.82) is 0 Å². The second-order valence-electron chi connectivity index (χ2n) is 2.94. The lowest BCUT2D eigenvalue weighted by atomic mass is 10.2. The number of hydrogen-bond donors (Lipinski definition) is 1. The number of rotatable bonds is 8. The van der Waals surface area contributed by atoms with Crippen LogP contribution >= 0.6 is 0 Å². The minimum absolute atomic E-state index is 0.224. The van der Waals surface area contributed by atoms with Crippen LogP contribution in [0.2, 0.25) is 0 Å². The van der Waals surface area contributed by atoms with Gasteiger partial charge in [0.25, 0.3) is 0 Å². The normalized spacial score (nSPS) is 11.7. The van der Waals surface area contributed by atoms with Crippen LogP contribution in [0.4, 0.5) is 0 Å². The van der Waals surface area contributed by atoms with E-state index in [0.29, 0.717) is 6.42 Å². The Kier molecular flexibility index (Phi) is 9.30. The first kappa shape index (κ1) is 13.4. The third kappa shape index (κ3) is 12.4. The zero-order chi connectivity index (χ0) is 11.4. The van der Waals surface area contributed by atoms with Crippen molar-refractivity contribution in [2.75, 3.05) is 0 Å². The highest BCUT2D eigenvalue weighted by molar-refractivity contribution is 5.66. The topological polar surface area (TPSA) is 54.4 Å². The maximum Gasteiger partial charge on any atom is 0.303 e. The number of aldehydes is 1. The van der Waals surface area contributed by atoms with E-state index in [1.165, 1.54) is 6.08 Å². The van der Waals surface area contributed by atoms with Crippen LogP contribution in [0.3, 0.4) is 0 Å². The smallest absolute Gasteiger partial charge is 0.303 e. The highest BCUT2D eigenvalue weighted by atomic mass is 16.4. The molecule has 0 fully saturated rings. The van der Waals surface area contributed by atoms with Gasteiger partial charge in [-0.25, -0.2) is 0 Å². The predicted molar refractivity (Wildman–Crippen MR) is 59.6 cm³/mol. The van der Waals surface area contributed by atoms with Crippen molar-refractivity contribution in [2.24, 2.45) is 0 Å². The minimum Gasteiger partial charge on any atom is -0.481 e. The summed E-state index contributed by atoms with van der Waals surface area (Å²) in [4.78, 5) is 20.0. The van der Waals surface area contributed by atoms with Gasteiger partial charge in [-0.05, 0) is 25.3 Å². The Labute approximate surface area is 89.8 Å². The van der Waals surface area contributed by atoms with Crippen molar-refractivity contribution in [1.82, 2.24) is 0 Å². The molecule has 0 spiro atoms. The molecule has 82 valence electrons. The largest absolute Gasteiger partial charge is 0.481 e. The SMILES string of the molecule is O=C/C=C\C=C\C/C=C/CCCC(=O)O. The van der Waals surface area contributed by atoms with E-state index < -0.39 is 5.97 Å². The third-order valence-electron chi connectivity index (χ3n) is 1.64. The van der Waals surface area contributed by atoms with E-state index >= 15 is 0 Å². The van der Waals surface area contributed by atoms with Crippen molar-refractivity contribution in [2.45, 2.75) is 25.7 Å². The van der Waals surface area contributed by atoms with E-state index in [9.17, 15) is 9.59 Å². The van der Waals surface area contributed by atoms with Crippen molar-refractivity contribution in [3.63, 3.8) is 0 Å². The molecular weight excluding hydrogens is 192 g/mol. The number of allylic oxidation sites excluding steroid dienone is 6. The standard InChI is InChI=1S/C12H16O3/c13-11-9-7-5-3-1-2-4-6-8-10-12(14)15/h2-5,7,9,11H,1,6,8,10H2,(H,14,15)/b4-2+,5-3+,9-7-. The van der Waals surface area contributed by atoms with Gasteiger partial charge >= 0.3 is 5.97 Å². The Morgan fingerprint density at radius 2 is 1.87 bits per heavy atom. The molecule has 0 aliphatic heterocycles. The van der Waals surface area contributed by atoms with E-state index in [1.807, 2.05) is 18.2 Å². The van der Waals surface area contributed by atoms with Gasteiger partial charge in [0.1, 0.15) is 6.29 Å². The number of unbranched alkanes of at least 4 members (excludes halogenated alkanes) is 1. The summed E-state index contributed by atoms with van der Waals surface area (Å²) >= 11 is 0. The number of carboxylic acids is 1. The van der Waals surface area contributed by atoms with Crippen LogP contribution in [-0.2, 0) is 9.59 Å². The lowest BCUT2D eigenvalue weighted by Gasteiger charge is -1.89. The van der Waals surface area contributed by atoms with Gasteiger partial charge in [0.2, 0.25) is 0 Å². The number of carbonyl (C=O) groups excluding carboxylic acids is 1. The van der Waals surface area contributed by atoms with Crippen LogP contribution in [0, 0.1) is 0 Å². The molecule has 0 rings (SSSR count). The maximum atomic E-state index is 10.2. The van der Waals surface area contributed by atoms with E-state index in [0.717, 1.165) is 19.1 Å². The summed E-state index contributed by atoms with van der Waals surface area (Å²) in [7, 11) is 0. The molecule has 0 aromatic heterocycles. The third-order valence-corrected chi connectivity index (χ3v) is 1.64. The van der Waals surface area contributed by atoms with Crippen LogP contribution in [0.25, 0.3) is 0 Å².